The number of fused-ring (bicyclic) bond motifs is 1. The van der Waals surface area contributed by atoms with Crippen molar-refractivity contribution in [1.82, 2.24) is 0 Å². The van der Waals surface area contributed by atoms with Crippen LogP contribution in [0.4, 0.5) is 11.4 Å². The van der Waals surface area contributed by atoms with Crippen LogP contribution in [0.15, 0.2) is 24.3 Å². The molecule has 15 heavy (non-hydrogen) atoms. The molecule has 0 bridgehead atoms. The molecule has 1 atom stereocenters. The van der Waals surface area contributed by atoms with Gasteiger partial charge in [-0.05, 0) is 19.1 Å². The first-order valence-corrected chi connectivity index (χ1v) is 5.33. The van der Waals surface area contributed by atoms with Gasteiger partial charge in [-0.25, -0.2) is 0 Å². The topological polar surface area (TPSA) is 32.3 Å². The minimum atomic E-state index is -0.0881. The summed E-state index contributed by atoms with van der Waals surface area (Å²) in [4.78, 5) is 13.4. The Morgan fingerprint density at radius 2 is 1.87 bits per heavy atom. The molecule has 1 aromatic rings. The van der Waals surface area contributed by atoms with Crippen LogP contribution in [0.1, 0.15) is 20.8 Å². The average molecular weight is 206 g/mol. The molecule has 1 unspecified atom stereocenters. The zero-order valence-corrected chi connectivity index (χ0v) is 9.74. The molecule has 1 aliphatic heterocycles. The van der Waals surface area contributed by atoms with Crippen molar-refractivity contribution in [3.8, 4) is 0 Å². The normalized spacial score (nSPS) is 18.5. The smallest absolute Gasteiger partial charge is 0.246 e. The second kappa shape index (κ2) is 4.82. The van der Waals surface area contributed by atoms with Crippen LogP contribution in [-0.4, -0.2) is 19.0 Å². The SMILES string of the molecule is CC.CC1C(=O)Nc2ccccc2N1C. The number of hydrogen-bond acceptors (Lipinski definition) is 2. The highest BCUT2D eigenvalue weighted by Gasteiger charge is 2.25. The van der Waals surface area contributed by atoms with Gasteiger partial charge in [0.2, 0.25) is 5.91 Å². The van der Waals surface area contributed by atoms with Gasteiger partial charge in [0.05, 0.1) is 11.4 Å². The molecule has 1 aromatic carbocycles. The van der Waals surface area contributed by atoms with Gasteiger partial charge in [-0.1, -0.05) is 26.0 Å². The van der Waals surface area contributed by atoms with Gasteiger partial charge >= 0.3 is 0 Å². The summed E-state index contributed by atoms with van der Waals surface area (Å²) in [5.74, 6) is 0.0567. The molecule has 0 spiro atoms. The highest BCUT2D eigenvalue weighted by atomic mass is 16.2. The van der Waals surface area contributed by atoms with Crippen LogP contribution >= 0.6 is 0 Å². The molecule has 2 rings (SSSR count). The van der Waals surface area contributed by atoms with Gasteiger partial charge in [0.1, 0.15) is 6.04 Å². The number of carbonyl (C=O) groups is 1. The second-order valence-corrected chi connectivity index (χ2v) is 3.29. The van der Waals surface area contributed by atoms with E-state index in [-0.39, 0.29) is 11.9 Å². The quantitative estimate of drug-likeness (QED) is 0.707. The summed E-state index contributed by atoms with van der Waals surface area (Å²) in [5, 5.41) is 2.86. The number of likely N-dealkylation sites (N-methyl/N-ethyl adjacent to an activating group) is 1. The Bertz CT molecular complexity index is 349. The van der Waals surface area contributed by atoms with Gasteiger partial charge in [0.15, 0.2) is 0 Å². The maximum absolute atomic E-state index is 11.4. The standard InChI is InChI=1S/C10H12N2O.C2H6/c1-7-10(13)11-8-5-3-4-6-9(8)12(7)2;1-2/h3-7H,1-2H3,(H,11,13);1-2H3. The first-order valence-electron chi connectivity index (χ1n) is 5.33. The lowest BCUT2D eigenvalue weighted by atomic mass is 10.1. The van der Waals surface area contributed by atoms with E-state index in [1.807, 2.05) is 57.0 Å². The molecule has 0 saturated carbocycles. The fourth-order valence-corrected chi connectivity index (χ4v) is 1.51. The Morgan fingerprint density at radius 1 is 1.27 bits per heavy atom. The van der Waals surface area contributed by atoms with E-state index in [1.54, 1.807) is 0 Å². The zero-order valence-electron chi connectivity index (χ0n) is 9.74. The van der Waals surface area contributed by atoms with Crippen molar-refractivity contribution in [2.75, 3.05) is 17.3 Å². The summed E-state index contributed by atoms with van der Waals surface area (Å²) in [7, 11) is 1.93. The summed E-state index contributed by atoms with van der Waals surface area (Å²) < 4.78 is 0. The number of carbonyl (C=O) groups excluding carboxylic acids is 1. The lowest BCUT2D eigenvalue weighted by molar-refractivity contribution is -0.117. The molecule has 3 nitrogen and oxygen atoms in total. The van der Waals surface area contributed by atoms with Crippen LogP contribution < -0.4 is 10.2 Å². The maximum atomic E-state index is 11.4. The Morgan fingerprint density at radius 3 is 2.53 bits per heavy atom. The number of nitrogens with one attached hydrogen (secondary N) is 1. The number of benzene rings is 1. The van der Waals surface area contributed by atoms with Crippen molar-refractivity contribution < 1.29 is 4.79 Å². The van der Waals surface area contributed by atoms with Crippen molar-refractivity contribution in [1.29, 1.82) is 0 Å². The molecule has 0 fully saturated rings. The van der Waals surface area contributed by atoms with Crippen LogP contribution in [0.5, 0.6) is 0 Å². The van der Waals surface area contributed by atoms with Gasteiger partial charge in [-0.3, -0.25) is 4.79 Å². The van der Waals surface area contributed by atoms with E-state index in [0.717, 1.165) is 11.4 Å². The molecule has 82 valence electrons. The summed E-state index contributed by atoms with van der Waals surface area (Å²) in [6.07, 6.45) is 0. The zero-order chi connectivity index (χ0) is 11.4. The third-order valence-corrected chi connectivity index (χ3v) is 2.50. The maximum Gasteiger partial charge on any atom is 0.246 e. The predicted octanol–water partition coefficient (Wildman–Crippen LogP) is 2.49. The minimum absolute atomic E-state index is 0.0567. The summed E-state index contributed by atoms with van der Waals surface area (Å²) in [5.41, 5.74) is 1.97. The Hall–Kier alpha value is -1.51. The van der Waals surface area contributed by atoms with Crippen molar-refractivity contribution >= 4 is 17.3 Å². The molecule has 1 aliphatic rings. The fourth-order valence-electron chi connectivity index (χ4n) is 1.51. The number of nitrogens with zero attached hydrogens (tertiary/aromatic N) is 1. The van der Waals surface area contributed by atoms with Crippen LogP contribution in [0.3, 0.4) is 0 Å². The third kappa shape index (κ3) is 2.12. The summed E-state index contributed by atoms with van der Waals surface area (Å²) in [6, 6.07) is 7.72. The molecular formula is C12H18N2O. The van der Waals surface area contributed by atoms with Gasteiger partial charge in [-0.2, -0.15) is 0 Å². The van der Waals surface area contributed by atoms with E-state index < -0.39 is 0 Å². The van der Waals surface area contributed by atoms with Crippen LogP contribution in [0.25, 0.3) is 0 Å². The Balaban J connectivity index is 0.000000531. The van der Waals surface area contributed by atoms with E-state index in [4.69, 9.17) is 0 Å². The first-order chi connectivity index (χ1) is 7.20. The number of anilines is 2. The molecule has 0 radical (unpaired) electrons. The average Bonchev–Trinajstić information content (AvgIpc) is 2.29. The summed E-state index contributed by atoms with van der Waals surface area (Å²) in [6.45, 7) is 5.89. The second-order valence-electron chi connectivity index (χ2n) is 3.29. The number of hydrogen-bond donors (Lipinski definition) is 1. The lowest BCUT2D eigenvalue weighted by Gasteiger charge is -2.32. The van der Waals surface area contributed by atoms with Crippen LogP contribution in [0, 0.1) is 0 Å². The first kappa shape index (κ1) is 11.6. The number of rotatable bonds is 0. The van der Waals surface area contributed by atoms with E-state index in [2.05, 4.69) is 5.32 Å². The molecule has 1 heterocycles. The lowest BCUT2D eigenvalue weighted by Crippen LogP contribution is -2.43. The molecule has 1 amide bonds. The van der Waals surface area contributed by atoms with Gasteiger partial charge < -0.3 is 10.2 Å². The fraction of sp³-hybridized carbons (Fsp3) is 0.417. The largest absolute Gasteiger partial charge is 0.361 e. The Kier molecular flexibility index (Phi) is 3.72. The van der Waals surface area contributed by atoms with E-state index in [1.165, 1.54) is 0 Å². The third-order valence-electron chi connectivity index (χ3n) is 2.50. The van der Waals surface area contributed by atoms with Crippen molar-refractivity contribution in [2.45, 2.75) is 26.8 Å². The van der Waals surface area contributed by atoms with E-state index in [9.17, 15) is 4.79 Å². The molecule has 1 N–H and O–H groups in total. The van der Waals surface area contributed by atoms with Crippen LogP contribution in [0.2, 0.25) is 0 Å². The molecule has 0 aromatic heterocycles. The molecule has 0 aliphatic carbocycles. The summed E-state index contributed by atoms with van der Waals surface area (Å²) >= 11 is 0. The van der Waals surface area contributed by atoms with E-state index >= 15 is 0 Å². The molecular weight excluding hydrogens is 188 g/mol. The van der Waals surface area contributed by atoms with Crippen molar-refractivity contribution in [3.05, 3.63) is 24.3 Å². The Labute approximate surface area is 91.1 Å². The van der Waals surface area contributed by atoms with Crippen molar-refractivity contribution in [2.24, 2.45) is 0 Å². The van der Waals surface area contributed by atoms with Gasteiger partial charge in [0.25, 0.3) is 0 Å². The predicted molar refractivity (Wildman–Crippen MR) is 64.3 cm³/mol. The monoisotopic (exact) mass is 206 g/mol. The minimum Gasteiger partial charge on any atom is -0.361 e. The number of amides is 1. The number of para-hydroxylation sites is 2. The highest BCUT2D eigenvalue weighted by Crippen LogP contribution is 2.29. The van der Waals surface area contributed by atoms with Gasteiger partial charge in [0, 0.05) is 7.05 Å². The van der Waals surface area contributed by atoms with Crippen molar-refractivity contribution in [3.63, 3.8) is 0 Å². The van der Waals surface area contributed by atoms with E-state index in [0.29, 0.717) is 0 Å². The molecule has 0 saturated heterocycles. The van der Waals surface area contributed by atoms with Crippen LogP contribution in [-0.2, 0) is 4.79 Å². The highest BCUT2D eigenvalue weighted by molar-refractivity contribution is 6.03. The molecule has 3 heteroatoms. The van der Waals surface area contributed by atoms with Gasteiger partial charge in [-0.15, -0.1) is 0 Å².